The number of carboxylic acid groups (broad SMARTS) is 1. The van der Waals surface area contributed by atoms with Gasteiger partial charge in [0.15, 0.2) is 0 Å². The summed E-state index contributed by atoms with van der Waals surface area (Å²) in [5, 5.41) is 9.20. The zero-order valence-electron chi connectivity index (χ0n) is 15.8. The van der Waals surface area contributed by atoms with Crippen LogP contribution >= 0.6 is 0 Å². The molecule has 3 rings (SSSR count). The summed E-state index contributed by atoms with van der Waals surface area (Å²) >= 11 is 0. The Morgan fingerprint density at radius 2 is 1.85 bits per heavy atom. The number of amides is 2. The van der Waals surface area contributed by atoms with Gasteiger partial charge in [-0.05, 0) is 24.3 Å². The van der Waals surface area contributed by atoms with Gasteiger partial charge in [-0.3, -0.25) is 4.79 Å². The number of rotatable bonds is 5. The van der Waals surface area contributed by atoms with Crippen LogP contribution in [0, 0.1) is 11.3 Å². The van der Waals surface area contributed by atoms with Crippen molar-refractivity contribution in [2.75, 3.05) is 19.6 Å². The Morgan fingerprint density at radius 1 is 1.19 bits per heavy atom. The van der Waals surface area contributed by atoms with E-state index in [1.54, 1.807) is 4.90 Å². The predicted octanol–water partition coefficient (Wildman–Crippen LogP) is 2.36. The minimum absolute atomic E-state index is 0.0932. The van der Waals surface area contributed by atoms with Crippen LogP contribution in [0.15, 0.2) is 30.3 Å². The fourth-order valence-corrected chi connectivity index (χ4v) is 4.10. The number of carbonyl (C=O) groups is 3. The fourth-order valence-electron chi connectivity index (χ4n) is 4.10. The zero-order valence-corrected chi connectivity index (χ0v) is 15.8. The molecule has 0 aromatic heterocycles. The van der Waals surface area contributed by atoms with Crippen molar-refractivity contribution in [1.82, 2.24) is 9.80 Å². The Morgan fingerprint density at radius 3 is 2.44 bits per heavy atom. The maximum atomic E-state index is 13.1. The van der Waals surface area contributed by atoms with Crippen LogP contribution in [0.1, 0.15) is 32.3 Å². The number of nitrogens with zero attached hydrogens (tertiary/aromatic N) is 2. The van der Waals surface area contributed by atoms with Crippen LogP contribution in [-0.2, 0) is 20.9 Å². The monoisotopic (exact) mass is 374 g/mol. The first kappa shape index (κ1) is 19.2. The molecule has 7 heteroatoms. The molecule has 2 heterocycles. The lowest BCUT2D eigenvalue weighted by Crippen LogP contribution is -2.49. The molecule has 0 saturated carbocycles. The van der Waals surface area contributed by atoms with Crippen LogP contribution in [0.2, 0.25) is 0 Å². The molecule has 7 nitrogen and oxygen atoms in total. The molecule has 146 valence electrons. The van der Waals surface area contributed by atoms with Gasteiger partial charge >= 0.3 is 12.1 Å². The van der Waals surface area contributed by atoms with Gasteiger partial charge < -0.3 is 19.6 Å². The number of esters is 1. The standard InChI is InChI=1S/C20H26N2O5/c1-14(2)16(17(23)27-12-15-6-4-3-5-7-15)22-11-9-20(18(22)24)8-10-21(13-20)19(25)26/h3-7,14,16H,8-13H2,1-2H3,(H,25,26)/t16?,20-/m1/s1. The van der Waals surface area contributed by atoms with Crippen LogP contribution in [-0.4, -0.2) is 58.6 Å². The summed E-state index contributed by atoms with van der Waals surface area (Å²) in [4.78, 5) is 40.0. The average molecular weight is 374 g/mol. The molecule has 2 aliphatic rings. The van der Waals surface area contributed by atoms with Crippen LogP contribution in [0.4, 0.5) is 4.79 Å². The van der Waals surface area contributed by atoms with Gasteiger partial charge in [0.1, 0.15) is 12.6 Å². The second-order valence-electron chi connectivity index (χ2n) is 7.77. The van der Waals surface area contributed by atoms with E-state index >= 15 is 0 Å². The topological polar surface area (TPSA) is 87.2 Å². The van der Waals surface area contributed by atoms with Crippen LogP contribution in [0.3, 0.4) is 0 Å². The van der Waals surface area contributed by atoms with Gasteiger partial charge in [0, 0.05) is 19.6 Å². The van der Waals surface area contributed by atoms with Crippen molar-refractivity contribution in [3.05, 3.63) is 35.9 Å². The molecule has 2 saturated heterocycles. The third-order valence-electron chi connectivity index (χ3n) is 5.60. The van der Waals surface area contributed by atoms with E-state index in [-0.39, 0.29) is 25.0 Å². The maximum Gasteiger partial charge on any atom is 0.407 e. The lowest BCUT2D eigenvalue weighted by molar-refractivity contribution is -0.158. The van der Waals surface area contributed by atoms with E-state index < -0.39 is 23.5 Å². The maximum absolute atomic E-state index is 13.1. The van der Waals surface area contributed by atoms with Crippen molar-refractivity contribution in [3.63, 3.8) is 0 Å². The number of likely N-dealkylation sites (tertiary alicyclic amines) is 2. The first-order chi connectivity index (χ1) is 12.8. The van der Waals surface area contributed by atoms with E-state index in [1.807, 2.05) is 44.2 Å². The summed E-state index contributed by atoms with van der Waals surface area (Å²) < 4.78 is 5.49. The molecule has 0 aliphatic carbocycles. The molecule has 1 aromatic carbocycles. The molecular formula is C20H26N2O5. The zero-order chi connectivity index (χ0) is 19.6. The molecule has 0 bridgehead atoms. The van der Waals surface area contributed by atoms with E-state index in [1.165, 1.54) is 4.90 Å². The first-order valence-corrected chi connectivity index (χ1v) is 9.33. The van der Waals surface area contributed by atoms with Gasteiger partial charge in [0.05, 0.1) is 5.41 Å². The van der Waals surface area contributed by atoms with Crippen molar-refractivity contribution in [2.45, 2.75) is 39.3 Å². The number of hydrogen-bond donors (Lipinski definition) is 1. The predicted molar refractivity (Wildman–Crippen MR) is 97.8 cm³/mol. The van der Waals surface area contributed by atoms with Crippen molar-refractivity contribution in [1.29, 1.82) is 0 Å². The Balaban J connectivity index is 1.69. The first-order valence-electron chi connectivity index (χ1n) is 9.33. The molecular weight excluding hydrogens is 348 g/mol. The van der Waals surface area contributed by atoms with Gasteiger partial charge in [-0.1, -0.05) is 44.2 Å². The van der Waals surface area contributed by atoms with Crippen LogP contribution in [0.5, 0.6) is 0 Å². The van der Waals surface area contributed by atoms with E-state index in [0.717, 1.165) is 5.56 Å². The van der Waals surface area contributed by atoms with Crippen LogP contribution in [0.25, 0.3) is 0 Å². The average Bonchev–Trinajstić information content (AvgIpc) is 3.21. The highest BCUT2D eigenvalue weighted by Gasteiger charge is 2.54. The van der Waals surface area contributed by atoms with E-state index in [0.29, 0.717) is 25.9 Å². The number of ether oxygens (including phenoxy) is 1. The van der Waals surface area contributed by atoms with Gasteiger partial charge in [0.2, 0.25) is 5.91 Å². The van der Waals surface area contributed by atoms with E-state index in [4.69, 9.17) is 4.74 Å². The number of hydrogen-bond acceptors (Lipinski definition) is 4. The molecule has 0 radical (unpaired) electrons. The van der Waals surface area contributed by atoms with Gasteiger partial charge in [-0.2, -0.15) is 0 Å². The lowest BCUT2D eigenvalue weighted by atomic mass is 9.85. The highest BCUT2D eigenvalue weighted by Crippen LogP contribution is 2.42. The minimum atomic E-state index is -0.999. The molecule has 1 spiro atoms. The molecule has 2 atom stereocenters. The summed E-state index contributed by atoms with van der Waals surface area (Å²) in [5.41, 5.74) is 0.205. The van der Waals surface area contributed by atoms with Gasteiger partial charge in [-0.25, -0.2) is 9.59 Å². The Bertz CT molecular complexity index is 720. The fraction of sp³-hybridized carbons (Fsp3) is 0.550. The second kappa shape index (κ2) is 7.58. The second-order valence-corrected chi connectivity index (χ2v) is 7.77. The van der Waals surface area contributed by atoms with E-state index in [9.17, 15) is 19.5 Å². The third kappa shape index (κ3) is 3.77. The Labute approximate surface area is 158 Å². The highest BCUT2D eigenvalue weighted by atomic mass is 16.5. The smallest absolute Gasteiger partial charge is 0.407 e. The molecule has 2 amide bonds. The molecule has 1 unspecified atom stereocenters. The van der Waals surface area contributed by atoms with Crippen molar-refractivity contribution in [3.8, 4) is 0 Å². The van der Waals surface area contributed by atoms with Crippen molar-refractivity contribution >= 4 is 18.0 Å². The number of carbonyl (C=O) groups excluding carboxylic acids is 2. The molecule has 2 fully saturated rings. The third-order valence-corrected chi connectivity index (χ3v) is 5.60. The summed E-state index contributed by atoms with van der Waals surface area (Å²) in [6.07, 6.45) is 0.0874. The molecule has 1 N–H and O–H groups in total. The quantitative estimate of drug-likeness (QED) is 0.800. The SMILES string of the molecule is CC(C)C(C(=O)OCc1ccccc1)N1CC[C@@]2(CCN(C(=O)O)C2)C1=O. The summed E-state index contributed by atoms with van der Waals surface area (Å²) in [5.74, 6) is -0.627. The largest absolute Gasteiger partial charge is 0.465 e. The molecule has 27 heavy (non-hydrogen) atoms. The molecule has 2 aliphatic heterocycles. The van der Waals surface area contributed by atoms with Crippen molar-refractivity contribution in [2.24, 2.45) is 11.3 Å². The number of benzene rings is 1. The van der Waals surface area contributed by atoms with Crippen molar-refractivity contribution < 1.29 is 24.2 Å². The summed E-state index contributed by atoms with van der Waals surface area (Å²) in [6, 6.07) is 8.77. The minimum Gasteiger partial charge on any atom is -0.465 e. The molecule has 1 aromatic rings. The normalized spacial score (nSPS) is 23.3. The van der Waals surface area contributed by atoms with E-state index in [2.05, 4.69) is 0 Å². The van der Waals surface area contributed by atoms with Gasteiger partial charge in [-0.15, -0.1) is 0 Å². The lowest BCUT2D eigenvalue weighted by Gasteiger charge is -2.31. The Kier molecular flexibility index (Phi) is 5.39. The summed E-state index contributed by atoms with van der Waals surface area (Å²) in [6.45, 7) is 4.98. The Hall–Kier alpha value is -2.57. The van der Waals surface area contributed by atoms with Gasteiger partial charge in [0.25, 0.3) is 0 Å². The highest BCUT2D eigenvalue weighted by molar-refractivity contribution is 5.91. The van der Waals surface area contributed by atoms with Crippen LogP contribution < -0.4 is 0 Å². The summed E-state index contributed by atoms with van der Waals surface area (Å²) in [7, 11) is 0.